The smallest absolute Gasteiger partial charge is 0.344 e. The van der Waals surface area contributed by atoms with Crippen LogP contribution in [0.1, 0.15) is 11.1 Å². The maximum absolute atomic E-state index is 13.9. The Labute approximate surface area is 159 Å². The highest BCUT2D eigenvalue weighted by Gasteiger charge is 2.33. The van der Waals surface area contributed by atoms with E-state index >= 15 is 0 Å². The van der Waals surface area contributed by atoms with Gasteiger partial charge in [-0.05, 0) is 37.3 Å². The summed E-state index contributed by atoms with van der Waals surface area (Å²) in [6, 6.07) is 10.9. The second-order valence-electron chi connectivity index (χ2n) is 5.76. The van der Waals surface area contributed by atoms with Crippen molar-refractivity contribution in [2.24, 2.45) is 4.99 Å². The van der Waals surface area contributed by atoms with Crippen molar-refractivity contribution in [1.82, 2.24) is 0 Å². The Morgan fingerprint density at radius 2 is 1.96 bits per heavy atom. The lowest BCUT2D eigenvalue weighted by Crippen LogP contribution is -2.10. The number of hydrogen-bond acceptors (Lipinski definition) is 6. The number of methoxy groups -OCH3 is 1. The van der Waals surface area contributed by atoms with E-state index in [9.17, 15) is 19.4 Å². The Morgan fingerprint density at radius 1 is 1.22 bits per heavy atom. The van der Waals surface area contributed by atoms with Crippen molar-refractivity contribution in [3.05, 3.63) is 75.6 Å². The van der Waals surface area contributed by atoms with Crippen molar-refractivity contribution in [3.8, 4) is 5.75 Å². The van der Waals surface area contributed by atoms with Gasteiger partial charge in [-0.15, -0.1) is 0 Å². The standard InChI is InChI=1S/C20H16FNO4S/c1-11-7-8-15(23)12(9-11)10-16-18(24)17(20(25)26-2)19(27-16)22-14-6-4-3-5-13(14)21/h3-10,23-24H,1-2H3/b16-10+,22-19?. The van der Waals surface area contributed by atoms with E-state index in [1.165, 1.54) is 37.5 Å². The molecule has 27 heavy (non-hydrogen) atoms. The molecule has 0 aromatic heterocycles. The van der Waals surface area contributed by atoms with Gasteiger partial charge in [0, 0.05) is 5.56 Å². The highest BCUT2D eigenvalue weighted by atomic mass is 32.2. The quantitative estimate of drug-likeness (QED) is 0.753. The second-order valence-corrected chi connectivity index (χ2v) is 6.79. The summed E-state index contributed by atoms with van der Waals surface area (Å²) in [5, 5.41) is 20.7. The van der Waals surface area contributed by atoms with Crippen molar-refractivity contribution >= 4 is 34.5 Å². The van der Waals surface area contributed by atoms with Crippen LogP contribution in [0.4, 0.5) is 10.1 Å². The third-order valence-electron chi connectivity index (χ3n) is 3.82. The predicted octanol–water partition coefficient (Wildman–Crippen LogP) is 4.64. The van der Waals surface area contributed by atoms with Gasteiger partial charge >= 0.3 is 5.97 Å². The molecule has 0 amide bonds. The number of aromatic hydroxyl groups is 1. The Balaban J connectivity index is 2.10. The van der Waals surface area contributed by atoms with E-state index in [1.807, 2.05) is 6.92 Å². The average molecular weight is 385 g/mol. The summed E-state index contributed by atoms with van der Waals surface area (Å²) < 4.78 is 18.7. The SMILES string of the molecule is COC(=O)C1=C(O)/C(=C\c2cc(C)ccc2O)SC1=Nc1ccccc1F. The number of nitrogens with zero attached hydrogens (tertiary/aromatic N) is 1. The first-order valence-electron chi connectivity index (χ1n) is 7.95. The van der Waals surface area contributed by atoms with Gasteiger partial charge in [-0.2, -0.15) is 0 Å². The first kappa shape index (κ1) is 18.7. The van der Waals surface area contributed by atoms with Gasteiger partial charge in [0.2, 0.25) is 0 Å². The fraction of sp³-hybridized carbons (Fsp3) is 0.100. The summed E-state index contributed by atoms with van der Waals surface area (Å²) in [5.74, 6) is -1.64. The maximum Gasteiger partial charge on any atom is 0.344 e. The zero-order valence-electron chi connectivity index (χ0n) is 14.6. The van der Waals surface area contributed by atoms with Crippen LogP contribution >= 0.6 is 11.8 Å². The molecule has 1 aliphatic rings. The van der Waals surface area contributed by atoms with Gasteiger partial charge in [0.1, 0.15) is 33.6 Å². The number of ether oxygens (including phenoxy) is 1. The molecule has 0 radical (unpaired) electrons. The Hall–Kier alpha value is -3.06. The fourth-order valence-corrected chi connectivity index (χ4v) is 3.49. The number of carbonyl (C=O) groups excluding carboxylic acids is 1. The van der Waals surface area contributed by atoms with Crippen LogP contribution in [0, 0.1) is 12.7 Å². The van der Waals surface area contributed by atoms with Crippen molar-refractivity contribution in [2.45, 2.75) is 6.92 Å². The molecular weight excluding hydrogens is 369 g/mol. The van der Waals surface area contributed by atoms with Crippen LogP contribution in [-0.2, 0) is 9.53 Å². The van der Waals surface area contributed by atoms with Crippen molar-refractivity contribution in [2.75, 3.05) is 7.11 Å². The van der Waals surface area contributed by atoms with Gasteiger partial charge < -0.3 is 14.9 Å². The van der Waals surface area contributed by atoms with Gasteiger partial charge in [0.15, 0.2) is 0 Å². The number of aliphatic hydroxyl groups is 1. The van der Waals surface area contributed by atoms with E-state index in [2.05, 4.69) is 4.99 Å². The number of esters is 1. The van der Waals surface area contributed by atoms with Gasteiger partial charge in [0.25, 0.3) is 0 Å². The first-order valence-corrected chi connectivity index (χ1v) is 8.77. The van der Waals surface area contributed by atoms with Crippen LogP contribution in [0.25, 0.3) is 6.08 Å². The molecule has 7 heteroatoms. The molecule has 1 heterocycles. The minimum atomic E-state index is -0.785. The highest BCUT2D eigenvalue weighted by Crippen LogP contribution is 2.41. The minimum absolute atomic E-state index is 0.0283. The Morgan fingerprint density at radius 3 is 2.67 bits per heavy atom. The summed E-state index contributed by atoms with van der Waals surface area (Å²) in [6.07, 6.45) is 1.54. The maximum atomic E-state index is 13.9. The third-order valence-corrected chi connectivity index (χ3v) is 4.84. The monoisotopic (exact) mass is 385 g/mol. The number of benzene rings is 2. The molecule has 0 aliphatic carbocycles. The van der Waals surface area contributed by atoms with E-state index in [0.29, 0.717) is 10.5 Å². The van der Waals surface area contributed by atoms with Crippen LogP contribution in [0.5, 0.6) is 5.75 Å². The number of carbonyl (C=O) groups is 1. The molecule has 1 aliphatic heterocycles. The largest absolute Gasteiger partial charge is 0.507 e. The number of hydrogen-bond donors (Lipinski definition) is 2. The summed E-state index contributed by atoms with van der Waals surface area (Å²) in [4.78, 5) is 16.6. The van der Waals surface area contributed by atoms with Crippen LogP contribution in [0.15, 0.2) is 63.7 Å². The van der Waals surface area contributed by atoms with Crippen molar-refractivity contribution < 1.29 is 24.1 Å². The molecule has 2 aromatic rings. The van der Waals surface area contributed by atoms with Crippen LogP contribution in [0.2, 0.25) is 0 Å². The van der Waals surface area contributed by atoms with Gasteiger partial charge in [0.05, 0.1) is 12.0 Å². The molecule has 0 unspecified atom stereocenters. The molecule has 0 saturated carbocycles. The molecule has 2 aromatic carbocycles. The van der Waals surface area contributed by atoms with Crippen molar-refractivity contribution in [1.29, 1.82) is 0 Å². The van der Waals surface area contributed by atoms with E-state index < -0.39 is 11.8 Å². The number of para-hydroxylation sites is 1. The van der Waals surface area contributed by atoms with Gasteiger partial charge in [-0.1, -0.05) is 35.5 Å². The number of rotatable bonds is 3. The molecule has 0 saturated heterocycles. The number of halogens is 1. The van der Waals surface area contributed by atoms with E-state index in [0.717, 1.165) is 17.3 Å². The zero-order chi connectivity index (χ0) is 19.6. The zero-order valence-corrected chi connectivity index (χ0v) is 15.4. The Bertz CT molecular complexity index is 1010. The molecule has 5 nitrogen and oxygen atoms in total. The van der Waals surface area contributed by atoms with Crippen molar-refractivity contribution in [3.63, 3.8) is 0 Å². The molecule has 0 fully saturated rings. The van der Waals surface area contributed by atoms with E-state index in [-0.39, 0.29) is 27.8 Å². The Kier molecular flexibility index (Phi) is 5.32. The highest BCUT2D eigenvalue weighted by molar-refractivity contribution is 8.18. The molecule has 138 valence electrons. The molecule has 0 spiro atoms. The number of aryl methyl sites for hydroxylation is 1. The van der Waals surface area contributed by atoms with Crippen LogP contribution in [-0.4, -0.2) is 28.3 Å². The second kappa shape index (κ2) is 7.67. The summed E-state index contributed by atoms with van der Waals surface area (Å²) in [6.45, 7) is 1.86. The van der Waals surface area contributed by atoms with E-state index in [1.54, 1.807) is 18.2 Å². The molecule has 2 N–H and O–H groups in total. The fourth-order valence-electron chi connectivity index (χ4n) is 2.47. The number of thioether (sulfide) groups is 1. The minimum Gasteiger partial charge on any atom is -0.507 e. The predicted molar refractivity (Wildman–Crippen MR) is 104 cm³/mol. The summed E-state index contributed by atoms with van der Waals surface area (Å²) in [7, 11) is 1.18. The topological polar surface area (TPSA) is 79.1 Å². The molecule has 3 rings (SSSR count). The lowest BCUT2D eigenvalue weighted by atomic mass is 10.1. The normalized spacial score (nSPS) is 17.0. The molecular formula is C20H16FNO4S. The third kappa shape index (κ3) is 3.88. The number of phenols is 1. The summed E-state index contributed by atoms with van der Waals surface area (Å²) in [5.41, 5.74) is 1.28. The number of aliphatic imine (C=N–C) groups is 1. The van der Waals surface area contributed by atoms with Crippen LogP contribution < -0.4 is 0 Å². The van der Waals surface area contributed by atoms with Gasteiger partial charge in [-0.3, -0.25) is 0 Å². The lowest BCUT2D eigenvalue weighted by molar-refractivity contribution is -0.135. The van der Waals surface area contributed by atoms with Gasteiger partial charge in [-0.25, -0.2) is 14.2 Å². The average Bonchev–Trinajstić information content (AvgIpc) is 2.95. The van der Waals surface area contributed by atoms with Crippen LogP contribution in [0.3, 0.4) is 0 Å². The van der Waals surface area contributed by atoms with E-state index in [4.69, 9.17) is 4.74 Å². The lowest BCUT2D eigenvalue weighted by Gasteiger charge is -2.03. The number of aliphatic hydroxyl groups excluding tert-OH is 1. The molecule has 0 atom stereocenters. The summed E-state index contributed by atoms with van der Waals surface area (Å²) >= 11 is 0.992. The molecule has 0 bridgehead atoms. The number of phenolic OH excluding ortho intramolecular Hbond substituents is 1. The first-order chi connectivity index (χ1) is 12.9.